The summed E-state index contributed by atoms with van der Waals surface area (Å²) in [6.45, 7) is 7.27. The Bertz CT molecular complexity index is 912. The number of hydrogen-bond donors (Lipinski definition) is 1. The second kappa shape index (κ2) is 8.53. The quantitative estimate of drug-likeness (QED) is 0.603. The van der Waals surface area contributed by atoms with Crippen LogP contribution < -0.4 is 16.2 Å². The minimum atomic E-state index is -0.690. The summed E-state index contributed by atoms with van der Waals surface area (Å²) < 4.78 is 16.0. The monoisotopic (exact) mass is 383 g/mol. The molecule has 0 bridgehead atoms. The van der Waals surface area contributed by atoms with Crippen molar-refractivity contribution in [2.75, 3.05) is 18.0 Å². The van der Waals surface area contributed by atoms with Crippen LogP contribution in [-0.2, 0) is 6.54 Å². The van der Waals surface area contributed by atoms with Crippen molar-refractivity contribution in [3.8, 4) is 6.07 Å². The molecule has 1 aromatic heterocycles. The highest BCUT2D eigenvalue weighted by molar-refractivity contribution is 5.65. The topological polar surface area (TPSA) is 87.9 Å². The SMILES string of the molecule is C=C/C(C#N)=C(F)\C=C(/C)c1cc(=O)n(CC2CC2)c(N2CCC(N)CC2)n1. The van der Waals surface area contributed by atoms with E-state index in [1.807, 2.05) is 0 Å². The van der Waals surface area contributed by atoms with Gasteiger partial charge in [-0.1, -0.05) is 6.58 Å². The number of nitriles is 1. The van der Waals surface area contributed by atoms with Gasteiger partial charge in [0, 0.05) is 31.7 Å². The fourth-order valence-electron chi connectivity index (χ4n) is 3.31. The summed E-state index contributed by atoms with van der Waals surface area (Å²) in [5.74, 6) is 0.464. The number of nitrogens with zero attached hydrogens (tertiary/aromatic N) is 4. The van der Waals surface area contributed by atoms with Gasteiger partial charge in [0.05, 0.1) is 11.3 Å². The van der Waals surface area contributed by atoms with Crippen LogP contribution in [0.2, 0.25) is 0 Å². The molecular weight excluding hydrogens is 357 g/mol. The van der Waals surface area contributed by atoms with E-state index in [4.69, 9.17) is 16.0 Å². The first-order valence-corrected chi connectivity index (χ1v) is 9.66. The summed E-state index contributed by atoms with van der Waals surface area (Å²) in [5, 5.41) is 8.95. The zero-order chi connectivity index (χ0) is 20.3. The maximum Gasteiger partial charge on any atom is 0.255 e. The van der Waals surface area contributed by atoms with Gasteiger partial charge in [0.25, 0.3) is 5.56 Å². The first-order valence-electron chi connectivity index (χ1n) is 9.66. The Morgan fingerprint density at radius 2 is 2.11 bits per heavy atom. The fraction of sp³-hybridized carbons (Fsp3) is 0.476. The van der Waals surface area contributed by atoms with Crippen molar-refractivity contribution in [2.24, 2.45) is 11.7 Å². The summed E-state index contributed by atoms with van der Waals surface area (Å²) in [6, 6.07) is 3.38. The van der Waals surface area contributed by atoms with Gasteiger partial charge in [-0.15, -0.1) is 0 Å². The van der Waals surface area contributed by atoms with E-state index < -0.39 is 5.83 Å². The van der Waals surface area contributed by atoms with E-state index in [9.17, 15) is 9.18 Å². The molecule has 0 spiro atoms. The molecule has 6 nitrogen and oxygen atoms in total. The van der Waals surface area contributed by atoms with E-state index in [1.54, 1.807) is 17.6 Å². The minimum absolute atomic E-state index is 0.136. The number of hydrogen-bond acceptors (Lipinski definition) is 5. The third-order valence-electron chi connectivity index (χ3n) is 5.28. The predicted molar refractivity (Wildman–Crippen MR) is 108 cm³/mol. The van der Waals surface area contributed by atoms with Crippen molar-refractivity contribution in [3.63, 3.8) is 0 Å². The Hall–Kier alpha value is -2.72. The van der Waals surface area contributed by atoms with Crippen molar-refractivity contribution >= 4 is 11.5 Å². The molecule has 2 heterocycles. The number of nitrogens with two attached hydrogens (primary N) is 1. The molecule has 0 radical (unpaired) electrons. The standard InChI is InChI=1S/C21H26FN5O/c1-3-16(12-23)18(22)10-14(2)19-11-20(28)27(13-15-4-5-15)21(25-19)26-8-6-17(24)7-9-26/h3,10-11,15,17H,1,4-9,13,24H2,2H3/b14-10+,18-16-. The maximum atomic E-state index is 14.2. The first-order chi connectivity index (χ1) is 13.4. The molecule has 1 aromatic rings. The normalized spacial score (nSPS) is 19.2. The Kier molecular flexibility index (Phi) is 6.10. The van der Waals surface area contributed by atoms with Gasteiger partial charge in [-0.25, -0.2) is 9.37 Å². The fourth-order valence-corrected chi connectivity index (χ4v) is 3.31. The van der Waals surface area contributed by atoms with Gasteiger partial charge in [0.1, 0.15) is 11.9 Å². The first kappa shape index (κ1) is 20.0. The molecule has 3 rings (SSSR count). The third-order valence-corrected chi connectivity index (χ3v) is 5.28. The second-order valence-corrected chi connectivity index (χ2v) is 7.56. The van der Waals surface area contributed by atoms with E-state index in [-0.39, 0.29) is 17.2 Å². The van der Waals surface area contributed by atoms with Crippen molar-refractivity contribution in [2.45, 2.75) is 45.2 Å². The summed E-state index contributed by atoms with van der Waals surface area (Å²) in [7, 11) is 0. The van der Waals surface area contributed by atoms with Crippen LogP contribution in [0.4, 0.5) is 10.3 Å². The van der Waals surface area contributed by atoms with Gasteiger partial charge in [-0.05, 0) is 56.3 Å². The lowest BCUT2D eigenvalue weighted by molar-refractivity contribution is 0.480. The number of halogens is 1. The average Bonchev–Trinajstić information content (AvgIpc) is 3.49. The third kappa shape index (κ3) is 4.57. The van der Waals surface area contributed by atoms with Crippen LogP contribution >= 0.6 is 0 Å². The van der Waals surface area contributed by atoms with Crippen molar-refractivity contribution in [1.82, 2.24) is 9.55 Å². The number of allylic oxidation sites excluding steroid dienone is 5. The van der Waals surface area contributed by atoms with Crippen molar-refractivity contribution < 1.29 is 4.39 Å². The van der Waals surface area contributed by atoms with Gasteiger partial charge in [0.15, 0.2) is 0 Å². The number of aromatic nitrogens is 2. The van der Waals surface area contributed by atoms with Crippen LogP contribution in [0.5, 0.6) is 0 Å². The molecule has 0 unspecified atom stereocenters. The molecule has 1 aliphatic heterocycles. The van der Waals surface area contributed by atoms with Gasteiger partial charge < -0.3 is 10.6 Å². The Balaban J connectivity index is 2.01. The lowest BCUT2D eigenvalue weighted by Crippen LogP contribution is -2.43. The van der Waals surface area contributed by atoms with Gasteiger partial charge in [0.2, 0.25) is 5.95 Å². The largest absolute Gasteiger partial charge is 0.342 e. The summed E-state index contributed by atoms with van der Waals surface area (Å²) in [5.41, 5.74) is 6.63. The average molecular weight is 383 g/mol. The van der Waals surface area contributed by atoms with E-state index in [1.165, 1.54) is 18.2 Å². The van der Waals surface area contributed by atoms with E-state index in [0.29, 0.717) is 29.7 Å². The molecule has 148 valence electrons. The van der Waals surface area contributed by atoms with Crippen LogP contribution in [0.15, 0.2) is 41.0 Å². The number of rotatable bonds is 6. The lowest BCUT2D eigenvalue weighted by atomic mass is 10.1. The molecule has 28 heavy (non-hydrogen) atoms. The van der Waals surface area contributed by atoms with E-state index in [2.05, 4.69) is 11.5 Å². The number of anilines is 1. The van der Waals surface area contributed by atoms with E-state index >= 15 is 0 Å². The minimum Gasteiger partial charge on any atom is -0.342 e. The predicted octanol–water partition coefficient (Wildman–Crippen LogP) is 2.92. The second-order valence-electron chi connectivity index (χ2n) is 7.56. The zero-order valence-corrected chi connectivity index (χ0v) is 16.2. The molecule has 2 fully saturated rings. The highest BCUT2D eigenvalue weighted by atomic mass is 19.1. The molecule has 1 saturated carbocycles. The highest BCUT2D eigenvalue weighted by Gasteiger charge is 2.27. The van der Waals surface area contributed by atoms with Crippen molar-refractivity contribution in [1.29, 1.82) is 5.26 Å². The molecule has 2 aliphatic rings. The molecule has 7 heteroatoms. The smallest absolute Gasteiger partial charge is 0.255 e. The summed E-state index contributed by atoms with van der Waals surface area (Å²) in [4.78, 5) is 19.6. The van der Waals surface area contributed by atoms with Crippen LogP contribution in [-0.4, -0.2) is 28.7 Å². The molecule has 0 aromatic carbocycles. The van der Waals surface area contributed by atoms with Crippen LogP contribution in [0.1, 0.15) is 38.3 Å². The van der Waals surface area contributed by atoms with Gasteiger partial charge >= 0.3 is 0 Å². The maximum absolute atomic E-state index is 14.2. The molecule has 1 saturated heterocycles. The van der Waals surface area contributed by atoms with E-state index in [0.717, 1.165) is 38.8 Å². The Morgan fingerprint density at radius 1 is 1.43 bits per heavy atom. The number of piperidine rings is 1. The molecule has 0 atom stereocenters. The van der Waals surface area contributed by atoms with Crippen LogP contribution in [0.3, 0.4) is 0 Å². The summed E-state index contributed by atoms with van der Waals surface area (Å²) in [6.07, 6.45) is 6.35. The lowest BCUT2D eigenvalue weighted by Gasteiger charge is -2.32. The van der Waals surface area contributed by atoms with Crippen LogP contribution in [0, 0.1) is 17.2 Å². The van der Waals surface area contributed by atoms with Crippen LogP contribution in [0.25, 0.3) is 5.57 Å². The van der Waals surface area contributed by atoms with Gasteiger partial charge in [-0.3, -0.25) is 9.36 Å². The zero-order valence-electron chi connectivity index (χ0n) is 16.2. The van der Waals surface area contributed by atoms with Gasteiger partial charge in [-0.2, -0.15) is 5.26 Å². The molecular formula is C21H26FN5O. The Morgan fingerprint density at radius 3 is 2.68 bits per heavy atom. The Labute approximate surface area is 164 Å². The summed E-state index contributed by atoms with van der Waals surface area (Å²) >= 11 is 0. The highest BCUT2D eigenvalue weighted by Crippen LogP contribution is 2.32. The molecule has 0 amide bonds. The molecule has 2 N–H and O–H groups in total. The molecule has 1 aliphatic carbocycles. The van der Waals surface area contributed by atoms with Crippen molar-refractivity contribution in [3.05, 3.63) is 52.2 Å².